The third kappa shape index (κ3) is 6.26. The minimum absolute atomic E-state index is 0.157. The maximum Gasteiger partial charge on any atom is 0.344 e. The van der Waals surface area contributed by atoms with Crippen molar-refractivity contribution in [2.75, 3.05) is 23.7 Å². The van der Waals surface area contributed by atoms with Crippen LogP contribution < -0.4 is 20.8 Å². The van der Waals surface area contributed by atoms with E-state index in [1.54, 1.807) is 12.4 Å². The molecule has 3 N–H and O–H groups in total. The Labute approximate surface area is 216 Å². The van der Waals surface area contributed by atoms with E-state index in [-0.39, 0.29) is 36.6 Å². The van der Waals surface area contributed by atoms with Crippen LogP contribution in [-0.2, 0) is 14.9 Å². The van der Waals surface area contributed by atoms with Gasteiger partial charge in [-0.15, -0.1) is 0 Å². The molecule has 0 spiro atoms. The zero-order valence-electron chi connectivity index (χ0n) is 21.2. The van der Waals surface area contributed by atoms with Crippen LogP contribution in [0.4, 0.5) is 5.69 Å². The van der Waals surface area contributed by atoms with Crippen molar-refractivity contribution in [3.8, 4) is 11.1 Å². The van der Waals surface area contributed by atoms with E-state index >= 15 is 0 Å². The van der Waals surface area contributed by atoms with Crippen LogP contribution in [0.3, 0.4) is 0 Å². The van der Waals surface area contributed by atoms with Crippen molar-refractivity contribution in [2.45, 2.75) is 45.6 Å². The maximum absolute atomic E-state index is 12.8. The first-order chi connectivity index (χ1) is 17.4. The van der Waals surface area contributed by atoms with E-state index in [1.807, 2.05) is 30.3 Å². The number of nitrogens with zero attached hydrogens (tertiary/aromatic N) is 1. The molecule has 10 heteroatoms. The molecule has 0 radical (unpaired) electrons. The molecular weight excluding hydrogens is 494 g/mol. The van der Waals surface area contributed by atoms with Crippen molar-refractivity contribution in [2.24, 2.45) is 0 Å². The van der Waals surface area contributed by atoms with Crippen LogP contribution in [-0.4, -0.2) is 43.3 Å². The van der Waals surface area contributed by atoms with E-state index in [1.165, 1.54) is 0 Å². The van der Waals surface area contributed by atoms with Gasteiger partial charge in [0.15, 0.2) is 12.4 Å². The number of hydrogen-bond donors (Lipinski definition) is 2. The third-order valence-electron chi connectivity index (χ3n) is 6.55. The van der Waals surface area contributed by atoms with Crippen LogP contribution in [0.2, 0.25) is 0 Å². The van der Waals surface area contributed by atoms with Crippen molar-refractivity contribution in [3.63, 3.8) is 0 Å². The fourth-order valence-electron chi connectivity index (χ4n) is 4.84. The molecular formula is C27H32N3O6S+. The Bertz CT molecular complexity index is 1510. The molecule has 9 nitrogen and oxygen atoms in total. The molecule has 0 saturated carbocycles. The molecule has 3 heterocycles. The number of pyridine rings is 1. The number of carbonyl (C=O) groups excluding carboxylic acids is 1. The molecule has 0 fully saturated rings. The van der Waals surface area contributed by atoms with E-state index in [0.29, 0.717) is 24.1 Å². The van der Waals surface area contributed by atoms with Crippen molar-refractivity contribution in [3.05, 3.63) is 64.8 Å². The lowest BCUT2D eigenvalue weighted by atomic mass is 9.87. The summed E-state index contributed by atoms with van der Waals surface area (Å²) in [5.41, 5.74) is 4.16. The summed E-state index contributed by atoms with van der Waals surface area (Å²) < 4.78 is 36.1. The summed E-state index contributed by atoms with van der Waals surface area (Å²) in [6, 6.07) is 9.47. The topological polar surface area (TPSA) is 131 Å². The molecule has 1 amide bonds. The Morgan fingerprint density at radius 2 is 1.84 bits per heavy atom. The number of carbonyl (C=O) groups is 1. The highest BCUT2D eigenvalue weighted by Crippen LogP contribution is 2.41. The van der Waals surface area contributed by atoms with Gasteiger partial charge in [-0.3, -0.25) is 9.35 Å². The summed E-state index contributed by atoms with van der Waals surface area (Å²) in [7, 11) is -4.03. The first kappa shape index (κ1) is 26.6. The van der Waals surface area contributed by atoms with Crippen molar-refractivity contribution in [1.82, 2.24) is 5.32 Å². The fraction of sp³-hybridized carbons (Fsp3) is 0.370. The molecule has 37 heavy (non-hydrogen) atoms. The molecule has 0 bridgehead atoms. The number of allylic oxidation sites excluding steroid dienone is 1. The second-order valence-electron chi connectivity index (χ2n) is 9.87. The summed E-state index contributed by atoms with van der Waals surface area (Å²) >= 11 is 0. The predicted octanol–water partition coefficient (Wildman–Crippen LogP) is 3.45. The molecule has 1 aromatic carbocycles. The van der Waals surface area contributed by atoms with Gasteiger partial charge in [0, 0.05) is 59.9 Å². The lowest BCUT2D eigenvalue weighted by Crippen LogP contribution is -2.45. The summed E-state index contributed by atoms with van der Waals surface area (Å²) in [4.78, 5) is 30.2. The number of benzene rings is 1. The Balaban J connectivity index is 1.54. The zero-order valence-corrected chi connectivity index (χ0v) is 22.0. The van der Waals surface area contributed by atoms with Crippen LogP contribution in [0.25, 0.3) is 27.7 Å². The number of fused-ring (bicyclic) bond motifs is 2. The smallest absolute Gasteiger partial charge is 0.344 e. The summed E-state index contributed by atoms with van der Waals surface area (Å²) in [5, 5.41) is 3.52. The quantitative estimate of drug-likeness (QED) is 0.248. The second kappa shape index (κ2) is 10.5. The highest BCUT2D eigenvalue weighted by atomic mass is 32.2. The Morgan fingerprint density at radius 1 is 1.14 bits per heavy atom. The minimum Gasteiger partial charge on any atom is -0.422 e. The van der Waals surface area contributed by atoms with Gasteiger partial charge >= 0.3 is 5.63 Å². The average molecular weight is 527 g/mol. The van der Waals surface area contributed by atoms with Gasteiger partial charge in [0.05, 0.1) is 16.9 Å². The average Bonchev–Trinajstić information content (AvgIpc) is 2.82. The number of rotatable bonds is 9. The standard InChI is InChI=1S/C27H31N3O6S/c1-18-17-27(2,3)30(12-4-6-25(31)29-9-5-13-37(33,34)35)23-16-24-20(14-21(18)23)15-22(26(32)36-24)19-7-10-28-11-8-19/h7-8,10-11,14-17H,4-6,9,12-13H2,1-3H3,(H,29,31)(H,33,34,35)/p+1. The molecule has 4 rings (SSSR count). The minimum atomic E-state index is -4.03. The van der Waals surface area contributed by atoms with Crippen LogP contribution >= 0.6 is 0 Å². The lowest BCUT2D eigenvalue weighted by Gasteiger charge is -2.43. The number of anilines is 1. The van der Waals surface area contributed by atoms with Gasteiger partial charge in [0.25, 0.3) is 10.1 Å². The monoisotopic (exact) mass is 526 g/mol. The lowest BCUT2D eigenvalue weighted by molar-refractivity contribution is -0.377. The largest absolute Gasteiger partial charge is 0.422 e. The van der Waals surface area contributed by atoms with Gasteiger partial charge in [0.1, 0.15) is 5.58 Å². The Hall–Kier alpha value is -3.50. The zero-order chi connectivity index (χ0) is 26.8. The SMILES string of the molecule is CC1=CC(C)(C)N(CCCC(=O)NCCCS(=O)(=O)O)c2cc3oc(=O)c(-c4cc[nH+]cc4)cc3cc21. The Kier molecular flexibility index (Phi) is 7.52. The van der Waals surface area contributed by atoms with E-state index in [9.17, 15) is 18.0 Å². The number of amides is 1. The molecule has 0 atom stereocenters. The van der Waals surface area contributed by atoms with E-state index in [2.05, 4.69) is 42.0 Å². The maximum atomic E-state index is 12.8. The number of aromatic amines is 1. The number of aromatic nitrogens is 1. The normalized spacial score (nSPS) is 14.8. The van der Waals surface area contributed by atoms with E-state index in [4.69, 9.17) is 8.97 Å². The van der Waals surface area contributed by atoms with Gasteiger partial charge in [0.2, 0.25) is 5.91 Å². The summed E-state index contributed by atoms with van der Waals surface area (Å²) in [5.74, 6) is -0.555. The summed E-state index contributed by atoms with van der Waals surface area (Å²) in [6.07, 6.45) is 6.73. The number of hydrogen-bond acceptors (Lipinski definition) is 6. The van der Waals surface area contributed by atoms with Crippen molar-refractivity contribution < 1.29 is 27.2 Å². The van der Waals surface area contributed by atoms with Gasteiger partial charge < -0.3 is 14.6 Å². The number of nitrogens with one attached hydrogen (secondary N) is 2. The van der Waals surface area contributed by atoms with Gasteiger partial charge in [-0.25, -0.2) is 9.78 Å². The van der Waals surface area contributed by atoms with Crippen molar-refractivity contribution >= 4 is 38.3 Å². The first-order valence-corrected chi connectivity index (χ1v) is 13.8. The third-order valence-corrected chi connectivity index (χ3v) is 7.35. The molecule has 3 aromatic rings. The molecule has 0 aliphatic carbocycles. The Morgan fingerprint density at radius 3 is 2.54 bits per heavy atom. The van der Waals surface area contributed by atoms with Crippen LogP contribution in [0.1, 0.15) is 45.6 Å². The predicted molar refractivity (Wildman–Crippen MR) is 143 cm³/mol. The van der Waals surface area contributed by atoms with Crippen molar-refractivity contribution in [1.29, 1.82) is 0 Å². The highest BCUT2D eigenvalue weighted by Gasteiger charge is 2.31. The number of H-pyrrole nitrogens is 1. The van der Waals surface area contributed by atoms with Crippen LogP contribution in [0, 0.1) is 0 Å². The first-order valence-electron chi connectivity index (χ1n) is 12.2. The molecule has 0 unspecified atom stereocenters. The molecule has 2 aromatic heterocycles. The molecule has 1 aliphatic heterocycles. The molecule has 1 aliphatic rings. The van der Waals surface area contributed by atoms with Gasteiger partial charge in [-0.1, -0.05) is 6.08 Å². The van der Waals surface area contributed by atoms with E-state index < -0.39 is 15.7 Å². The van der Waals surface area contributed by atoms with E-state index in [0.717, 1.165) is 27.8 Å². The fourth-order valence-corrected chi connectivity index (χ4v) is 5.35. The van der Waals surface area contributed by atoms with Gasteiger partial charge in [-0.2, -0.15) is 8.42 Å². The highest BCUT2D eigenvalue weighted by molar-refractivity contribution is 7.85. The van der Waals surface area contributed by atoms with Crippen LogP contribution in [0.5, 0.6) is 0 Å². The van der Waals surface area contributed by atoms with Crippen LogP contribution in [0.15, 0.2) is 58.0 Å². The summed E-state index contributed by atoms with van der Waals surface area (Å²) in [6.45, 7) is 7.05. The second-order valence-corrected chi connectivity index (χ2v) is 11.4. The molecule has 196 valence electrons. The van der Waals surface area contributed by atoms with Gasteiger partial charge in [-0.05, 0) is 51.3 Å². The molecule has 0 saturated heterocycles.